The SMILES string of the molecule is CCCCCCCCCCCCCCCCCCCCCCCCC(=O)OCCCCCCCCCCCC. The van der Waals surface area contributed by atoms with Gasteiger partial charge in [0.15, 0.2) is 0 Å². The molecular weight excluding hydrogens is 476 g/mol. The predicted molar refractivity (Wildman–Crippen MR) is 175 cm³/mol. The van der Waals surface area contributed by atoms with Crippen LogP contribution < -0.4 is 0 Å². The van der Waals surface area contributed by atoms with E-state index in [0.717, 1.165) is 12.8 Å². The molecule has 0 N–H and O–H groups in total. The van der Waals surface area contributed by atoms with Crippen molar-refractivity contribution < 1.29 is 9.53 Å². The van der Waals surface area contributed by atoms with Gasteiger partial charge in [0, 0.05) is 6.42 Å². The molecule has 0 amide bonds. The van der Waals surface area contributed by atoms with Gasteiger partial charge >= 0.3 is 5.97 Å². The van der Waals surface area contributed by atoms with Crippen LogP contribution in [0.2, 0.25) is 0 Å². The first-order valence-electron chi connectivity index (χ1n) is 18.5. The van der Waals surface area contributed by atoms with Crippen molar-refractivity contribution in [2.45, 2.75) is 226 Å². The van der Waals surface area contributed by atoms with Crippen LogP contribution in [-0.4, -0.2) is 12.6 Å². The number of rotatable bonds is 34. The average Bonchev–Trinajstić information content (AvgIpc) is 2.94. The molecule has 0 bridgehead atoms. The van der Waals surface area contributed by atoms with E-state index in [0.29, 0.717) is 13.0 Å². The van der Waals surface area contributed by atoms with Crippen molar-refractivity contribution in [3.8, 4) is 0 Å². The van der Waals surface area contributed by atoms with E-state index in [-0.39, 0.29) is 5.97 Å². The van der Waals surface area contributed by atoms with E-state index < -0.39 is 0 Å². The molecule has 0 aliphatic heterocycles. The highest BCUT2D eigenvalue weighted by atomic mass is 16.5. The molecule has 0 spiro atoms. The molecule has 0 saturated carbocycles. The molecule has 0 rings (SSSR count). The van der Waals surface area contributed by atoms with Gasteiger partial charge in [-0.25, -0.2) is 0 Å². The average molecular weight is 551 g/mol. The third-order valence-corrected chi connectivity index (χ3v) is 8.50. The second-order valence-electron chi connectivity index (χ2n) is 12.6. The largest absolute Gasteiger partial charge is 0.466 e. The highest BCUT2D eigenvalue weighted by molar-refractivity contribution is 5.69. The Balaban J connectivity index is 3.12. The molecule has 0 aromatic heterocycles. The molecule has 0 aromatic carbocycles. The van der Waals surface area contributed by atoms with E-state index in [1.54, 1.807) is 0 Å². The lowest BCUT2D eigenvalue weighted by molar-refractivity contribution is -0.143. The van der Waals surface area contributed by atoms with Gasteiger partial charge in [-0.2, -0.15) is 0 Å². The van der Waals surface area contributed by atoms with Gasteiger partial charge in [-0.05, 0) is 12.8 Å². The molecule has 0 atom stereocenters. The zero-order chi connectivity index (χ0) is 28.3. The van der Waals surface area contributed by atoms with E-state index in [9.17, 15) is 4.79 Å². The maximum Gasteiger partial charge on any atom is 0.305 e. The fourth-order valence-electron chi connectivity index (χ4n) is 5.73. The minimum atomic E-state index is 0.0269. The van der Waals surface area contributed by atoms with Crippen LogP contribution in [0.5, 0.6) is 0 Å². The summed E-state index contributed by atoms with van der Waals surface area (Å²) in [4.78, 5) is 11.9. The van der Waals surface area contributed by atoms with Gasteiger partial charge in [-0.15, -0.1) is 0 Å². The Morgan fingerprint density at radius 3 is 0.846 bits per heavy atom. The standard InChI is InChI=1S/C37H74O2/c1-3-5-7-9-11-13-15-16-17-18-19-20-21-22-23-24-25-26-27-29-31-33-35-37(38)39-36-34-32-30-28-14-12-10-8-6-4-2/h3-36H2,1-2H3. The third kappa shape index (κ3) is 35.4. The predicted octanol–water partition coefficient (Wildman–Crippen LogP) is 13.4. The smallest absolute Gasteiger partial charge is 0.305 e. The molecule has 234 valence electrons. The van der Waals surface area contributed by atoms with E-state index in [1.165, 1.54) is 193 Å². The fourth-order valence-corrected chi connectivity index (χ4v) is 5.73. The van der Waals surface area contributed by atoms with E-state index in [1.807, 2.05) is 0 Å². The van der Waals surface area contributed by atoms with Crippen LogP contribution in [0.25, 0.3) is 0 Å². The maximum absolute atomic E-state index is 11.9. The topological polar surface area (TPSA) is 26.3 Å². The van der Waals surface area contributed by atoms with Gasteiger partial charge in [0.05, 0.1) is 6.61 Å². The van der Waals surface area contributed by atoms with Crippen LogP contribution in [0.4, 0.5) is 0 Å². The van der Waals surface area contributed by atoms with Gasteiger partial charge < -0.3 is 4.74 Å². The maximum atomic E-state index is 11.9. The minimum absolute atomic E-state index is 0.0269. The molecular formula is C37H74O2. The quantitative estimate of drug-likeness (QED) is 0.0588. The monoisotopic (exact) mass is 551 g/mol. The minimum Gasteiger partial charge on any atom is -0.466 e. The molecule has 0 aromatic rings. The van der Waals surface area contributed by atoms with Crippen molar-refractivity contribution in [1.29, 1.82) is 0 Å². The Kier molecular flexibility index (Phi) is 35.0. The molecule has 0 aliphatic rings. The summed E-state index contributed by atoms with van der Waals surface area (Å²) in [7, 11) is 0. The van der Waals surface area contributed by atoms with E-state index in [2.05, 4.69) is 13.8 Å². The molecule has 2 nitrogen and oxygen atoms in total. The summed E-state index contributed by atoms with van der Waals surface area (Å²) in [6.45, 7) is 5.21. The Labute approximate surface area is 247 Å². The molecule has 0 fully saturated rings. The van der Waals surface area contributed by atoms with Crippen molar-refractivity contribution in [3.05, 3.63) is 0 Å². The number of unbranched alkanes of at least 4 members (excludes halogenated alkanes) is 30. The van der Waals surface area contributed by atoms with E-state index in [4.69, 9.17) is 4.74 Å². The first-order valence-corrected chi connectivity index (χ1v) is 18.5. The molecule has 0 unspecified atom stereocenters. The van der Waals surface area contributed by atoms with Crippen LogP contribution in [0, 0.1) is 0 Å². The number of hydrogen-bond acceptors (Lipinski definition) is 2. The summed E-state index contributed by atoms with van der Waals surface area (Å²) >= 11 is 0. The van der Waals surface area contributed by atoms with Crippen LogP contribution >= 0.6 is 0 Å². The Hall–Kier alpha value is -0.530. The molecule has 0 saturated heterocycles. The van der Waals surface area contributed by atoms with Crippen LogP contribution in [0.15, 0.2) is 0 Å². The third-order valence-electron chi connectivity index (χ3n) is 8.50. The van der Waals surface area contributed by atoms with Crippen molar-refractivity contribution in [2.75, 3.05) is 6.61 Å². The van der Waals surface area contributed by atoms with Crippen LogP contribution in [0.1, 0.15) is 226 Å². The summed E-state index contributed by atoms with van der Waals surface area (Å²) in [6, 6.07) is 0. The lowest BCUT2D eigenvalue weighted by atomic mass is 10.0. The van der Waals surface area contributed by atoms with Gasteiger partial charge in [0.2, 0.25) is 0 Å². The molecule has 2 heteroatoms. The summed E-state index contributed by atoms with van der Waals surface area (Å²) in [6.07, 6.45) is 44.6. The van der Waals surface area contributed by atoms with Crippen molar-refractivity contribution in [3.63, 3.8) is 0 Å². The van der Waals surface area contributed by atoms with Gasteiger partial charge in [-0.1, -0.05) is 206 Å². The Bertz CT molecular complexity index is 447. The second kappa shape index (κ2) is 35.5. The normalized spacial score (nSPS) is 11.3. The molecule has 0 radical (unpaired) electrons. The zero-order valence-corrected chi connectivity index (χ0v) is 27.4. The number of esters is 1. The molecule has 0 aliphatic carbocycles. The van der Waals surface area contributed by atoms with Crippen molar-refractivity contribution in [1.82, 2.24) is 0 Å². The second-order valence-corrected chi connectivity index (χ2v) is 12.6. The van der Waals surface area contributed by atoms with Gasteiger partial charge in [0.1, 0.15) is 0 Å². The van der Waals surface area contributed by atoms with Gasteiger partial charge in [-0.3, -0.25) is 4.79 Å². The lowest BCUT2D eigenvalue weighted by Gasteiger charge is -2.06. The highest BCUT2D eigenvalue weighted by Gasteiger charge is 2.03. The number of ether oxygens (including phenoxy) is 1. The summed E-state index contributed by atoms with van der Waals surface area (Å²) in [5.41, 5.74) is 0. The Morgan fingerprint density at radius 1 is 0.333 bits per heavy atom. The lowest BCUT2D eigenvalue weighted by Crippen LogP contribution is -2.05. The number of carbonyl (C=O) groups excluding carboxylic acids is 1. The first kappa shape index (κ1) is 38.5. The highest BCUT2D eigenvalue weighted by Crippen LogP contribution is 2.16. The van der Waals surface area contributed by atoms with E-state index >= 15 is 0 Å². The van der Waals surface area contributed by atoms with Gasteiger partial charge in [0.25, 0.3) is 0 Å². The number of hydrogen-bond donors (Lipinski definition) is 0. The summed E-state index contributed by atoms with van der Waals surface area (Å²) in [5.74, 6) is 0.0269. The van der Waals surface area contributed by atoms with Crippen LogP contribution in [-0.2, 0) is 9.53 Å². The summed E-state index contributed by atoms with van der Waals surface area (Å²) < 4.78 is 5.42. The first-order chi connectivity index (χ1) is 19.3. The molecule has 0 heterocycles. The fraction of sp³-hybridized carbons (Fsp3) is 0.973. The number of carbonyl (C=O) groups is 1. The van der Waals surface area contributed by atoms with Crippen molar-refractivity contribution in [2.24, 2.45) is 0 Å². The summed E-state index contributed by atoms with van der Waals surface area (Å²) in [5, 5.41) is 0. The molecule has 39 heavy (non-hydrogen) atoms. The van der Waals surface area contributed by atoms with Crippen LogP contribution in [0.3, 0.4) is 0 Å². The Morgan fingerprint density at radius 2 is 0.564 bits per heavy atom. The zero-order valence-electron chi connectivity index (χ0n) is 27.4. The van der Waals surface area contributed by atoms with Crippen molar-refractivity contribution >= 4 is 5.97 Å².